The van der Waals surface area contributed by atoms with Crippen molar-refractivity contribution in [1.82, 2.24) is 9.80 Å². The van der Waals surface area contributed by atoms with Crippen LogP contribution in [-0.4, -0.2) is 60.6 Å². The molecular formula is C25H35N3O2. The van der Waals surface area contributed by atoms with E-state index >= 15 is 0 Å². The van der Waals surface area contributed by atoms with Crippen LogP contribution in [0.15, 0.2) is 54.6 Å². The third-order valence-corrected chi connectivity index (χ3v) is 5.90. The van der Waals surface area contributed by atoms with Gasteiger partial charge in [0.15, 0.2) is 0 Å². The van der Waals surface area contributed by atoms with Crippen LogP contribution in [-0.2, 0) is 11.3 Å². The Morgan fingerprint density at radius 1 is 1.00 bits per heavy atom. The topological polar surface area (TPSA) is 36.0 Å². The number of nitrogens with zero attached hydrogens (tertiary/aromatic N) is 3. The minimum atomic E-state index is -0.236. The fraction of sp³-hybridized carbons (Fsp3) is 0.480. The first-order valence-corrected chi connectivity index (χ1v) is 10.8. The lowest BCUT2D eigenvalue weighted by Gasteiger charge is -2.43. The summed E-state index contributed by atoms with van der Waals surface area (Å²) in [6.07, 6.45) is 0. The van der Waals surface area contributed by atoms with Crippen LogP contribution in [0.1, 0.15) is 33.3 Å². The van der Waals surface area contributed by atoms with Crippen molar-refractivity contribution in [2.45, 2.75) is 45.8 Å². The summed E-state index contributed by atoms with van der Waals surface area (Å²) in [7, 11) is 1.71. The lowest BCUT2D eigenvalue weighted by Crippen LogP contribution is -2.57. The number of anilines is 1. The molecule has 0 spiro atoms. The Balaban J connectivity index is 1.66. The smallest absolute Gasteiger partial charge is 0.240 e. The fourth-order valence-corrected chi connectivity index (χ4v) is 4.03. The predicted molar refractivity (Wildman–Crippen MR) is 123 cm³/mol. The molecule has 2 aromatic carbocycles. The second kappa shape index (κ2) is 9.52. The third kappa shape index (κ3) is 5.14. The van der Waals surface area contributed by atoms with Crippen molar-refractivity contribution in [3.05, 3.63) is 60.2 Å². The summed E-state index contributed by atoms with van der Waals surface area (Å²) in [5, 5.41) is 0. The van der Waals surface area contributed by atoms with Crippen LogP contribution in [0, 0.1) is 0 Å². The molecule has 2 aromatic rings. The zero-order valence-electron chi connectivity index (χ0n) is 19.0. The Morgan fingerprint density at radius 3 is 2.20 bits per heavy atom. The zero-order valence-corrected chi connectivity index (χ0v) is 19.0. The van der Waals surface area contributed by atoms with Gasteiger partial charge >= 0.3 is 0 Å². The van der Waals surface area contributed by atoms with Gasteiger partial charge in [-0.1, -0.05) is 42.5 Å². The molecule has 0 aromatic heterocycles. The SMILES string of the molecule is COc1ccccc1N1CCN([C@H](C)C(=O)N(Cc2ccccc2)C(C)(C)C)CC1. The van der Waals surface area contributed by atoms with Crippen LogP contribution in [0.5, 0.6) is 5.75 Å². The molecule has 1 aliphatic heterocycles. The first kappa shape index (κ1) is 22.2. The maximum Gasteiger partial charge on any atom is 0.240 e. The molecule has 5 nitrogen and oxygen atoms in total. The summed E-state index contributed by atoms with van der Waals surface area (Å²) < 4.78 is 5.52. The average Bonchev–Trinajstić information content (AvgIpc) is 2.76. The van der Waals surface area contributed by atoms with Crippen molar-refractivity contribution >= 4 is 11.6 Å². The molecule has 3 rings (SSSR count). The summed E-state index contributed by atoms with van der Waals surface area (Å²) in [4.78, 5) is 20.2. The van der Waals surface area contributed by atoms with E-state index in [2.05, 4.69) is 48.8 Å². The van der Waals surface area contributed by atoms with Crippen molar-refractivity contribution in [3.63, 3.8) is 0 Å². The molecule has 30 heavy (non-hydrogen) atoms. The molecular weight excluding hydrogens is 374 g/mol. The predicted octanol–water partition coefficient (Wildman–Crippen LogP) is 4.03. The number of piperazine rings is 1. The summed E-state index contributed by atoms with van der Waals surface area (Å²) in [5.74, 6) is 1.09. The van der Waals surface area contributed by atoms with Gasteiger partial charge in [0.2, 0.25) is 5.91 Å². The molecule has 1 atom stereocenters. The van der Waals surface area contributed by atoms with E-state index < -0.39 is 0 Å². The van der Waals surface area contributed by atoms with Gasteiger partial charge in [0.1, 0.15) is 5.75 Å². The van der Waals surface area contributed by atoms with Crippen molar-refractivity contribution in [2.24, 2.45) is 0 Å². The molecule has 0 bridgehead atoms. The van der Waals surface area contributed by atoms with Crippen molar-refractivity contribution in [1.29, 1.82) is 0 Å². The fourth-order valence-electron chi connectivity index (χ4n) is 4.03. The average molecular weight is 410 g/mol. The van der Waals surface area contributed by atoms with Gasteiger partial charge in [-0.25, -0.2) is 0 Å². The summed E-state index contributed by atoms with van der Waals surface area (Å²) in [5.41, 5.74) is 2.05. The number of ether oxygens (including phenoxy) is 1. The highest BCUT2D eigenvalue weighted by atomic mass is 16.5. The van der Waals surface area contributed by atoms with Crippen LogP contribution in [0.25, 0.3) is 0 Å². The van der Waals surface area contributed by atoms with Gasteiger partial charge < -0.3 is 14.5 Å². The zero-order chi connectivity index (χ0) is 21.7. The van der Waals surface area contributed by atoms with Gasteiger partial charge in [0, 0.05) is 38.3 Å². The Kier molecular flexibility index (Phi) is 7.03. The summed E-state index contributed by atoms with van der Waals surface area (Å²) >= 11 is 0. The molecule has 0 saturated carbocycles. The van der Waals surface area contributed by atoms with Gasteiger partial charge in [0.25, 0.3) is 0 Å². The van der Waals surface area contributed by atoms with Gasteiger partial charge in [-0.05, 0) is 45.4 Å². The van der Waals surface area contributed by atoms with Crippen molar-refractivity contribution < 1.29 is 9.53 Å². The molecule has 1 heterocycles. The van der Waals surface area contributed by atoms with E-state index in [0.717, 1.165) is 43.2 Å². The summed E-state index contributed by atoms with van der Waals surface area (Å²) in [6.45, 7) is 12.5. The van der Waals surface area contributed by atoms with Crippen LogP contribution < -0.4 is 9.64 Å². The molecule has 1 fully saturated rings. The quantitative estimate of drug-likeness (QED) is 0.722. The first-order valence-electron chi connectivity index (χ1n) is 10.8. The van der Waals surface area contributed by atoms with Gasteiger partial charge in [0.05, 0.1) is 18.8 Å². The number of hydrogen-bond donors (Lipinski definition) is 0. The second-order valence-electron chi connectivity index (χ2n) is 8.95. The van der Waals surface area contributed by atoms with Gasteiger partial charge in [-0.15, -0.1) is 0 Å². The second-order valence-corrected chi connectivity index (χ2v) is 8.95. The number of hydrogen-bond acceptors (Lipinski definition) is 4. The Morgan fingerprint density at radius 2 is 1.60 bits per heavy atom. The number of methoxy groups -OCH3 is 1. The van der Waals surface area contributed by atoms with E-state index in [-0.39, 0.29) is 17.5 Å². The Labute approximate surface area is 181 Å². The molecule has 0 aliphatic carbocycles. The number of amides is 1. The molecule has 0 N–H and O–H groups in total. The molecule has 162 valence electrons. The number of carbonyl (C=O) groups is 1. The molecule has 5 heteroatoms. The van der Waals surface area contributed by atoms with E-state index in [1.54, 1.807) is 7.11 Å². The van der Waals surface area contributed by atoms with Crippen LogP contribution in [0.4, 0.5) is 5.69 Å². The minimum absolute atomic E-state index is 0.146. The van der Waals surface area contributed by atoms with E-state index in [0.29, 0.717) is 6.54 Å². The highest BCUT2D eigenvalue weighted by molar-refractivity contribution is 5.82. The lowest BCUT2D eigenvalue weighted by molar-refractivity contribution is -0.142. The van der Waals surface area contributed by atoms with Crippen molar-refractivity contribution in [2.75, 3.05) is 38.2 Å². The minimum Gasteiger partial charge on any atom is -0.495 e. The van der Waals surface area contributed by atoms with E-state index in [4.69, 9.17) is 4.74 Å². The Hall–Kier alpha value is -2.53. The largest absolute Gasteiger partial charge is 0.495 e. The Bertz CT molecular complexity index is 824. The molecule has 1 aliphatic rings. The highest BCUT2D eigenvalue weighted by Gasteiger charge is 2.34. The molecule has 1 saturated heterocycles. The van der Waals surface area contributed by atoms with Gasteiger partial charge in [-0.3, -0.25) is 9.69 Å². The summed E-state index contributed by atoms with van der Waals surface area (Å²) in [6, 6.07) is 18.2. The maximum atomic E-state index is 13.5. The monoisotopic (exact) mass is 409 g/mol. The van der Waals surface area contributed by atoms with Crippen LogP contribution >= 0.6 is 0 Å². The molecule has 0 radical (unpaired) electrons. The number of benzene rings is 2. The third-order valence-electron chi connectivity index (χ3n) is 5.90. The van der Waals surface area contributed by atoms with Crippen LogP contribution in [0.2, 0.25) is 0 Å². The number of para-hydroxylation sites is 2. The standard InChI is InChI=1S/C25H35N3O2/c1-20(24(29)28(25(2,3)4)19-21-11-7-6-8-12-21)26-15-17-27(18-16-26)22-13-9-10-14-23(22)30-5/h6-14,20H,15-19H2,1-5H3/t20-/m1/s1. The van der Waals surface area contributed by atoms with Crippen molar-refractivity contribution in [3.8, 4) is 5.75 Å². The van der Waals surface area contributed by atoms with E-state index in [1.165, 1.54) is 0 Å². The normalized spacial score (nSPS) is 16.2. The lowest BCUT2D eigenvalue weighted by atomic mass is 10.0. The first-order chi connectivity index (χ1) is 14.3. The van der Waals surface area contributed by atoms with Crippen LogP contribution in [0.3, 0.4) is 0 Å². The highest BCUT2D eigenvalue weighted by Crippen LogP contribution is 2.29. The number of carbonyl (C=O) groups excluding carboxylic acids is 1. The van der Waals surface area contributed by atoms with Gasteiger partial charge in [-0.2, -0.15) is 0 Å². The molecule has 0 unspecified atom stereocenters. The van der Waals surface area contributed by atoms with E-state index in [1.807, 2.05) is 48.2 Å². The van der Waals surface area contributed by atoms with E-state index in [9.17, 15) is 4.79 Å². The maximum absolute atomic E-state index is 13.5. The molecule has 1 amide bonds. The number of rotatable bonds is 6.